The molecule has 6 rings (SSSR count). The van der Waals surface area contributed by atoms with Gasteiger partial charge >= 0.3 is 0 Å². The smallest absolute Gasteiger partial charge is 0.298 e. The van der Waals surface area contributed by atoms with Gasteiger partial charge in [0, 0.05) is 6.61 Å². The summed E-state index contributed by atoms with van der Waals surface area (Å²) < 4.78 is 5.20. The van der Waals surface area contributed by atoms with E-state index in [4.69, 9.17) is 4.74 Å². The molecule has 4 saturated carbocycles. The number of aliphatic hydroxyl groups excluding tert-OH is 1. The van der Waals surface area contributed by atoms with Gasteiger partial charge in [-0.15, -0.1) is 0 Å². The van der Waals surface area contributed by atoms with E-state index in [2.05, 4.69) is 66.3 Å². The highest BCUT2D eigenvalue weighted by atomic mass is 16.5. The fourth-order valence-electron chi connectivity index (χ4n) is 12.7. The molecular weight excluding hydrogens is 504 g/mol. The molecule has 1 aromatic carbocycles. The van der Waals surface area contributed by atoms with Gasteiger partial charge < -0.3 is 9.84 Å². The van der Waals surface area contributed by atoms with E-state index in [1.165, 1.54) is 68.1 Å². The second kappa shape index (κ2) is 9.57. The van der Waals surface area contributed by atoms with E-state index in [1.807, 2.05) is 13.0 Å². The summed E-state index contributed by atoms with van der Waals surface area (Å²) in [6, 6.07) is 6.32. The Bertz CT molecular complexity index is 1270. The van der Waals surface area contributed by atoms with Crippen LogP contribution in [0.3, 0.4) is 0 Å². The molecule has 0 spiro atoms. The summed E-state index contributed by atoms with van der Waals surface area (Å²) in [7, 11) is 0. The van der Waals surface area contributed by atoms with E-state index in [0.29, 0.717) is 59.2 Å². The van der Waals surface area contributed by atoms with Crippen molar-refractivity contribution in [3.05, 3.63) is 47.6 Å². The van der Waals surface area contributed by atoms with Gasteiger partial charge in [0.25, 0.3) is 6.47 Å². The second-order valence-corrected chi connectivity index (χ2v) is 16.4. The van der Waals surface area contributed by atoms with Crippen LogP contribution in [0.2, 0.25) is 0 Å². The normalized spacial score (nSPS) is 44.5. The highest BCUT2D eigenvalue weighted by Crippen LogP contribution is 2.77. The number of allylic oxidation sites excluding steroid dienone is 3. The molecule has 0 amide bonds. The maximum absolute atomic E-state index is 10.9. The Balaban J connectivity index is 1.36. The van der Waals surface area contributed by atoms with Gasteiger partial charge in [0.2, 0.25) is 0 Å². The van der Waals surface area contributed by atoms with Crippen LogP contribution in [0.25, 0.3) is 5.57 Å². The number of carbonyl (C=O) groups is 1. The van der Waals surface area contributed by atoms with Crippen molar-refractivity contribution < 1.29 is 14.6 Å². The molecular formula is C38H54O3. The Hall–Kier alpha value is -1.87. The number of aliphatic hydroxyl groups is 1. The number of carbonyl (C=O) groups excluding carboxylic acids is 1. The maximum atomic E-state index is 10.9. The summed E-state index contributed by atoms with van der Waals surface area (Å²) in [5.41, 5.74) is 6.19. The first-order chi connectivity index (χ1) is 19.3. The first-order valence-electron chi connectivity index (χ1n) is 16.5. The van der Waals surface area contributed by atoms with Gasteiger partial charge in [0.05, 0.1) is 0 Å². The van der Waals surface area contributed by atoms with E-state index >= 15 is 0 Å². The highest BCUT2D eigenvalue weighted by Gasteiger charge is 2.70. The number of benzene rings is 1. The van der Waals surface area contributed by atoms with Gasteiger partial charge in [0.15, 0.2) is 0 Å². The van der Waals surface area contributed by atoms with Crippen molar-refractivity contribution in [2.75, 3.05) is 6.61 Å². The Labute approximate surface area is 249 Å². The zero-order chi connectivity index (χ0) is 29.6. The molecule has 0 aromatic heterocycles. The van der Waals surface area contributed by atoms with Crippen LogP contribution in [0.4, 0.5) is 0 Å². The van der Waals surface area contributed by atoms with Crippen LogP contribution in [-0.2, 0) is 4.79 Å². The molecule has 0 bridgehead atoms. The average molecular weight is 559 g/mol. The molecule has 0 saturated heterocycles. The maximum Gasteiger partial charge on any atom is 0.298 e. The van der Waals surface area contributed by atoms with Crippen molar-refractivity contribution in [3.63, 3.8) is 0 Å². The van der Waals surface area contributed by atoms with Gasteiger partial charge in [-0.25, -0.2) is 0 Å². The quantitative estimate of drug-likeness (QED) is 0.289. The van der Waals surface area contributed by atoms with E-state index in [0.717, 1.165) is 12.0 Å². The lowest BCUT2D eigenvalue weighted by molar-refractivity contribution is -0.228. The van der Waals surface area contributed by atoms with Crippen LogP contribution in [0.5, 0.6) is 5.75 Å². The van der Waals surface area contributed by atoms with Crippen molar-refractivity contribution >= 4 is 12.0 Å². The molecule has 41 heavy (non-hydrogen) atoms. The fraction of sp³-hybridized carbons (Fsp3) is 0.711. The topological polar surface area (TPSA) is 46.5 Å². The van der Waals surface area contributed by atoms with Crippen molar-refractivity contribution in [2.45, 2.75) is 106 Å². The number of aryl methyl sites for hydroxylation is 1. The molecule has 4 fully saturated rings. The van der Waals surface area contributed by atoms with Crippen LogP contribution >= 0.6 is 0 Å². The van der Waals surface area contributed by atoms with Crippen LogP contribution in [0, 0.1) is 63.6 Å². The molecule has 3 heteroatoms. The van der Waals surface area contributed by atoms with E-state index in [-0.39, 0.29) is 16.2 Å². The third-order valence-corrected chi connectivity index (χ3v) is 14.8. The molecule has 5 aliphatic carbocycles. The Kier molecular flexibility index (Phi) is 6.82. The third-order valence-electron chi connectivity index (χ3n) is 14.8. The summed E-state index contributed by atoms with van der Waals surface area (Å²) in [4.78, 5) is 10.9. The fourth-order valence-corrected chi connectivity index (χ4v) is 12.7. The SMILES string of the molecule is C=C(C)[C@@H]1CC[C@]2(CO)CC[C@]3(C)[C@H](CC[C@@H]4[C@@]5(C)CC=C(c6ccc(OC=O)c(C)c6)C(C)(C)[C@@H]5CC[C@]43C)[C@@H]12. The van der Waals surface area contributed by atoms with Gasteiger partial charge in [-0.05, 0) is 157 Å². The van der Waals surface area contributed by atoms with Crippen molar-refractivity contribution in [1.82, 2.24) is 0 Å². The van der Waals surface area contributed by atoms with Gasteiger partial charge in [0.1, 0.15) is 5.75 Å². The second-order valence-electron chi connectivity index (χ2n) is 16.4. The third kappa shape index (κ3) is 3.82. The molecule has 5 aliphatic rings. The monoisotopic (exact) mass is 558 g/mol. The van der Waals surface area contributed by atoms with Crippen LogP contribution in [0.1, 0.15) is 110 Å². The van der Waals surface area contributed by atoms with E-state index in [9.17, 15) is 9.90 Å². The van der Waals surface area contributed by atoms with Crippen molar-refractivity contribution in [3.8, 4) is 5.75 Å². The summed E-state index contributed by atoms with van der Waals surface area (Å²) >= 11 is 0. The van der Waals surface area contributed by atoms with Gasteiger partial charge in [-0.3, -0.25) is 4.79 Å². The molecule has 3 nitrogen and oxygen atoms in total. The molecule has 0 unspecified atom stereocenters. The zero-order valence-corrected chi connectivity index (χ0v) is 26.8. The highest BCUT2D eigenvalue weighted by molar-refractivity contribution is 5.73. The van der Waals surface area contributed by atoms with Crippen LogP contribution < -0.4 is 4.74 Å². The van der Waals surface area contributed by atoms with E-state index < -0.39 is 0 Å². The van der Waals surface area contributed by atoms with Crippen molar-refractivity contribution in [1.29, 1.82) is 0 Å². The Morgan fingerprint density at radius 2 is 1.76 bits per heavy atom. The van der Waals surface area contributed by atoms with Crippen LogP contribution in [-0.4, -0.2) is 18.2 Å². The number of ether oxygens (including phenoxy) is 1. The zero-order valence-electron chi connectivity index (χ0n) is 26.8. The molecule has 0 radical (unpaired) electrons. The molecule has 1 aromatic rings. The lowest BCUT2D eigenvalue weighted by Gasteiger charge is -2.72. The number of hydrogen-bond donors (Lipinski definition) is 1. The summed E-state index contributed by atoms with van der Waals surface area (Å²) in [6.45, 7) is 22.7. The predicted octanol–water partition coefficient (Wildman–Crippen LogP) is 9.17. The molecule has 224 valence electrons. The standard InChI is InChI=1S/C38H54O3/c1-24(2)27-13-18-38(22-39)20-19-36(7)29(33(27)38)10-12-32-35(6)16-14-28(26-9-11-30(41-23-40)25(3)21-26)34(4,5)31(35)15-17-37(32,36)8/h9,11,14,21,23,27,29,31-33,39H,1,10,12-13,15-20,22H2,2-8H3/t27-,29+,31-,32+,33+,35-,36+,37+,38+/m0/s1. The first-order valence-corrected chi connectivity index (χ1v) is 16.5. The molecule has 9 atom stereocenters. The van der Waals surface area contributed by atoms with E-state index in [1.54, 1.807) is 0 Å². The molecule has 0 heterocycles. The number of rotatable bonds is 5. The largest absolute Gasteiger partial charge is 0.428 e. The Morgan fingerprint density at radius 1 is 1.00 bits per heavy atom. The predicted molar refractivity (Wildman–Crippen MR) is 167 cm³/mol. The first kappa shape index (κ1) is 29.2. The number of hydrogen-bond acceptors (Lipinski definition) is 3. The minimum Gasteiger partial charge on any atom is -0.428 e. The van der Waals surface area contributed by atoms with Gasteiger partial charge in [-0.2, -0.15) is 0 Å². The number of fused-ring (bicyclic) bond motifs is 7. The molecule has 1 N–H and O–H groups in total. The summed E-state index contributed by atoms with van der Waals surface area (Å²) in [5.74, 6) is 3.85. The average Bonchev–Trinajstić information content (AvgIpc) is 3.31. The lowest BCUT2D eigenvalue weighted by atomic mass is 9.32. The molecule has 0 aliphatic heterocycles. The Morgan fingerprint density at radius 3 is 2.41 bits per heavy atom. The minimum absolute atomic E-state index is 0.0701. The van der Waals surface area contributed by atoms with Crippen molar-refractivity contribution in [2.24, 2.45) is 56.7 Å². The summed E-state index contributed by atoms with van der Waals surface area (Å²) in [6.07, 6.45) is 13.8. The van der Waals surface area contributed by atoms with Gasteiger partial charge in [-0.1, -0.05) is 58.9 Å². The summed E-state index contributed by atoms with van der Waals surface area (Å²) in [5, 5.41) is 10.8. The lowest BCUT2D eigenvalue weighted by Crippen LogP contribution is -2.65. The van der Waals surface area contributed by atoms with Crippen LogP contribution in [0.15, 0.2) is 36.4 Å². The minimum atomic E-state index is 0.0701.